The Bertz CT molecular complexity index is 1360. The summed E-state index contributed by atoms with van der Waals surface area (Å²) in [6.07, 6.45) is 0. The van der Waals surface area contributed by atoms with E-state index < -0.39 is 15.3 Å². The van der Waals surface area contributed by atoms with E-state index in [9.17, 15) is 20.2 Å². The molecule has 4 aromatic carbocycles. The number of benzene rings is 4. The standard InChI is InChI=1S/C27H24N4O6/c1-27(2,17-3-13-25(23(28)15-17)36-21-9-5-19(6-10-21)30(32)33)18-4-14-26(24(29)16-18)37-22-11-7-20(8-12-22)31(34)35/h3-16H,28-29H2,1-2H3. The fraction of sp³-hybridized carbons (Fsp3) is 0.111. The van der Waals surface area contributed by atoms with Crippen LogP contribution in [0.5, 0.6) is 23.0 Å². The molecule has 0 saturated heterocycles. The number of hydrogen-bond acceptors (Lipinski definition) is 8. The first-order valence-electron chi connectivity index (χ1n) is 11.2. The third-order valence-corrected chi connectivity index (χ3v) is 6.01. The van der Waals surface area contributed by atoms with Gasteiger partial charge in [-0.05, 0) is 59.7 Å². The van der Waals surface area contributed by atoms with Crippen LogP contribution in [-0.4, -0.2) is 9.85 Å². The van der Waals surface area contributed by atoms with E-state index >= 15 is 0 Å². The molecule has 0 spiro atoms. The van der Waals surface area contributed by atoms with E-state index in [1.807, 2.05) is 38.1 Å². The van der Waals surface area contributed by atoms with Gasteiger partial charge in [0.25, 0.3) is 11.4 Å². The second-order valence-electron chi connectivity index (χ2n) is 8.84. The van der Waals surface area contributed by atoms with E-state index in [0.29, 0.717) is 34.4 Å². The highest BCUT2D eigenvalue weighted by Gasteiger charge is 2.25. The predicted octanol–water partition coefficient (Wildman–Crippen LogP) is 6.58. The zero-order chi connectivity index (χ0) is 26.7. The molecule has 188 valence electrons. The second-order valence-corrected chi connectivity index (χ2v) is 8.84. The molecule has 10 heteroatoms. The van der Waals surface area contributed by atoms with Crippen LogP contribution in [0, 0.1) is 20.2 Å². The molecule has 0 saturated carbocycles. The van der Waals surface area contributed by atoms with Gasteiger partial charge < -0.3 is 20.9 Å². The molecule has 4 rings (SSSR count). The lowest BCUT2D eigenvalue weighted by Crippen LogP contribution is -2.19. The van der Waals surface area contributed by atoms with Crippen molar-refractivity contribution in [2.45, 2.75) is 19.3 Å². The SMILES string of the molecule is CC(C)(c1ccc(Oc2ccc([N+](=O)[O-])cc2)c(N)c1)c1ccc(Oc2ccc([N+](=O)[O-])cc2)c(N)c1. The lowest BCUT2D eigenvalue weighted by Gasteiger charge is -2.27. The van der Waals surface area contributed by atoms with Crippen LogP contribution in [0.1, 0.15) is 25.0 Å². The monoisotopic (exact) mass is 500 g/mol. The number of rotatable bonds is 8. The fourth-order valence-corrected chi connectivity index (χ4v) is 3.75. The molecule has 37 heavy (non-hydrogen) atoms. The topological polar surface area (TPSA) is 157 Å². The molecule has 0 aliphatic rings. The van der Waals surface area contributed by atoms with Crippen LogP contribution < -0.4 is 20.9 Å². The summed E-state index contributed by atoms with van der Waals surface area (Å²) >= 11 is 0. The Morgan fingerprint density at radius 3 is 1.27 bits per heavy atom. The Kier molecular flexibility index (Phi) is 6.66. The molecule has 0 fully saturated rings. The average molecular weight is 501 g/mol. The highest BCUT2D eigenvalue weighted by molar-refractivity contribution is 5.61. The van der Waals surface area contributed by atoms with Gasteiger partial charge in [-0.3, -0.25) is 20.2 Å². The molecule has 0 aliphatic heterocycles. The lowest BCUT2D eigenvalue weighted by atomic mass is 9.78. The van der Waals surface area contributed by atoms with Crippen molar-refractivity contribution in [3.63, 3.8) is 0 Å². The number of nitro groups is 2. The van der Waals surface area contributed by atoms with Crippen molar-refractivity contribution >= 4 is 22.7 Å². The van der Waals surface area contributed by atoms with Crippen molar-refractivity contribution < 1.29 is 19.3 Å². The van der Waals surface area contributed by atoms with Gasteiger partial charge in [-0.25, -0.2) is 0 Å². The van der Waals surface area contributed by atoms with Gasteiger partial charge >= 0.3 is 0 Å². The maximum absolute atomic E-state index is 10.8. The van der Waals surface area contributed by atoms with Crippen LogP contribution >= 0.6 is 0 Å². The molecule has 0 amide bonds. The number of anilines is 2. The van der Waals surface area contributed by atoms with Crippen LogP contribution in [0.25, 0.3) is 0 Å². The van der Waals surface area contributed by atoms with Crippen molar-refractivity contribution in [1.29, 1.82) is 0 Å². The summed E-state index contributed by atoms with van der Waals surface area (Å²) in [5, 5.41) is 21.7. The van der Waals surface area contributed by atoms with Crippen molar-refractivity contribution in [3.05, 3.63) is 116 Å². The Morgan fingerprint density at radius 2 is 0.973 bits per heavy atom. The Labute approximate surface area is 212 Å². The predicted molar refractivity (Wildman–Crippen MR) is 140 cm³/mol. The summed E-state index contributed by atoms with van der Waals surface area (Å²) < 4.78 is 11.6. The van der Waals surface area contributed by atoms with E-state index in [1.54, 1.807) is 12.1 Å². The molecular weight excluding hydrogens is 476 g/mol. The van der Waals surface area contributed by atoms with E-state index in [2.05, 4.69) is 0 Å². The summed E-state index contributed by atoms with van der Waals surface area (Å²) in [6.45, 7) is 4.06. The summed E-state index contributed by atoms with van der Waals surface area (Å²) in [4.78, 5) is 20.7. The highest BCUT2D eigenvalue weighted by Crippen LogP contribution is 2.39. The van der Waals surface area contributed by atoms with Crippen LogP contribution in [-0.2, 0) is 5.41 Å². The molecule has 0 heterocycles. The van der Waals surface area contributed by atoms with E-state index in [1.165, 1.54) is 48.5 Å². The minimum atomic E-state index is -0.476. The largest absolute Gasteiger partial charge is 0.455 e. The summed E-state index contributed by atoms with van der Waals surface area (Å²) in [5.74, 6) is 1.72. The number of nitro benzene ring substituents is 2. The molecule has 0 unspecified atom stereocenters. The van der Waals surface area contributed by atoms with Crippen LogP contribution in [0.15, 0.2) is 84.9 Å². The molecule has 0 radical (unpaired) electrons. The zero-order valence-corrected chi connectivity index (χ0v) is 20.1. The zero-order valence-electron chi connectivity index (χ0n) is 20.1. The Morgan fingerprint density at radius 1 is 0.622 bits per heavy atom. The van der Waals surface area contributed by atoms with Crippen molar-refractivity contribution in [1.82, 2.24) is 0 Å². The molecule has 0 atom stereocenters. The van der Waals surface area contributed by atoms with Crippen LogP contribution in [0.4, 0.5) is 22.7 Å². The summed E-state index contributed by atoms with van der Waals surface area (Å²) in [5.41, 5.74) is 14.7. The van der Waals surface area contributed by atoms with Gasteiger partial charge in [0.15, 0.2) is 0 Å². The van der Waals surface area contributed by atoms with Crippen molar-refractivity contribution in [2.24, 2.45) is 0 Å². The maximum Gasteiger partial charge on any atom is 0.269 e. The van der Waals surface area contributed by atoms with Crippen LogP contribution in [0.2, 0.25) is 0 Å². The van der Waals surface area contributed by atoms with E-state index in [-0.39, 0.29) is 11.4 Å². The normalized spacial score (nSPS) is 11.1. The van der Waals surface area contributed by atoms with Gasteiger partial charge in [0.1, 0.15) is 23.0 Å². The first-order chi connectivity index (χ1) is 17.5. The molecule has 4 N–H and O–H groups in total. The van der Waals surface area contributed by atoms with E-state index in [0.717, 1.165) is 11.1 Å². The minimum Gasteiger partial charge on any atom is -0.455 e. The number of nitrogens with zero attached hydrogens (tertiary/aromatic N) is 2. The highest BCUT2D eigenvalue weighted by atomic mass is 16.6. The fourth-order valence-electron chi connectivity index (χ4n) is 3.75. The third-order valence-electron chi connectivity index (χ3n) is 6.01. The number of nitrogen functional groups attached to an aromatic ring is 2. The van der Waals surface area contributed by atoms with Crippen molar-refractivity contribution in [3.8, 4) is 23.0 Å². The lowest BCUT2D eigenvalue weighted by molar-refractivity contribution is -0.385. The summed E-state index contributed by atoms with van der Waals surface area (Å²) in [6, 6.07) is 22.4. The average Bonchev–Trinajstić information content (AvgIpc) is 2.87. The minimum absolute atomic E-state index is 0.0270. The molecule has 0 aliphatic carbocycles. The first kappa shape index (κ1) is 25.0. The molecule has 0 aromatic heterocycles. The van der Waals surface area contributed by atoms with Gasteiger partial charge in [-0.1, -0.05) is 26.0 Å². The van der Waals surface area contributed by atoms with Gasteiger partial charge in [-0.15, -0.1) is 0 Å². The third kappa shape index (κ3) is 5.43. The quantitative estimate of drug-likeness (QED) is 0.156. The Hall–Kier alpha value is -5.12. The molecular formula is C27H24N4O6. The molecule has 10 nitrogen and oxygen atoms in total. The number of nitrogens with two attached hydrogens (primary N) is 2. The van der Waals surface area contributed by atoms with Gasteiger partial charge in [-0.2, -0.15) is 0 Å². The number of hydrogen-bond donors (Lipinski definition) is 2. The first-order valence-corrected chi connectivity index (χ1v) is 11.2. The Balaban J connectivity index is 1.52. The number of ether oxygens (including phenoxy) is 2. The number of non-ortho nitro benzene ring substituents is 2. The molecule has 0 bridgehead atoms. The van der Waals surface area contributed by atoms with Gasteiger partial charge in [0.2, 0.25) is 0 Å². The second kappa shape index (κ2) is 9.86. The van der Waals surface area contributed by atoms with Crippen molar-refractivity contribution in [2.75, 3.05) is 11.5 Å². The van der Waals surface area contributed by atoms with E-state index in [4.69, 9.17) is 20.9 Å². The smallest absolute Gasteiger partial charge is 0.269 e. The van der Waals surface area contributed by atoms with Gasteiger partial charge in [0.05, 0.1) is 21.2 Å². The molecule has 4 aromatic rings. The van der Waals surface area contributed by atoms with Crippen LogP contribution in [0.3, 0.4) is 0 Å². The summed E-state index contributed by atoms with van der Waals surface area (Å²) in [7, 11) is 0. The van der Waals surface area contributed by atoms with Gasteiger partial charge in [0, 0.05) is 29.7 Å². The maximum atomic E-state index is 10.8.